The van der Waals surface area contributed by atoms with E-state index in [0.717, 1.165) is 16.9 Å². The third-order valence-electron chi connectivity index (χ3n) is 5.89. The molecule has 0 aliphatic carbocycles. The Kier molecular flexibility index (Phi) is 8.08. The number of amides is 1. The molecule has 39 heavy (non-hydrogen) atoms. The standard InChI is InChI=1S/C28H24ClF3N2O4S/c1-15-6-11-20(16(2)12-15)34(26(35)18-13-21(36-3)23(38-5)22(14-18)37-4)27-33-25(28(30,31)32)24(39-27)17-7-9-19(29)10-8-17/h6-14H,1-5H3. The summed E-state index contributed by atoms with van der Waals surface area (Å²) in [6, 6.07) is 14.1. The number of benzene rings is 3. The van der Waals surface area contributed by atoms with Crippen LogP contribution in [-0.2, 0) is 6.18 Å². The van der Waals surface area contributed by atoms with Gasteiger partial charge in [-0.25, -0.2) is 4.98 Å². The molecule has 0 aliphatic rings. The molecule has 204 valence electrons. The minimum atomic E-state index is -4.77. The summed E-state index contributed by atoms with van der Waals surface area (Å²) in [5, 5.41) is 0.226. The van der Waals surface area contributed by atoms with Crippen LogP contribution in [0.4, 0.5) is 24.0 Å². The first-order valence-corrected chi connectivity index (χ1v) is 12.7. The SMILES string of the molecule is COc1cc(C(=O)N(c2nc(C(F)(F)F)c(-c3ccc(Cl)cc3)s2)c2ccc(C)cc2C)cc(OC)c1OC. The van der Waals surface area contributed by atoms with Crippen LogP contribution in [0.1, 0.15) is 27.2 Å². The van der Waals surface area contributed by atoms with Crippen LogP contribution in [0, 0.1) is 13.8 Å². The Labute approximate surface area is 232 Å². The predicted molar refractivity (Wildman–Crippen MR) is 146 cm³/mol. The van der Waals surface area contributed by atoms with Gasteiger partial charge in [-0.15, -0.1) is 0 Å². The van der Waals surface area contributed by atoms with Crippen molar-refractivity contribution in [2.75, 3.05) is 26.2 Å². The molecule has 0 fully saturated rings. The van der Waals surface area contributed by atoms with E-state index >= 15 is 0 Å². The molecule has 0 radical (unpaired) electrons. The lowest BCUT2D eigenvalue weighted by Crippen LogP contribution is -2.27. The zero-order valence-electron chi connectivity index (χ0n) is 21.6. The van der Waals surface area contributed by atoms with Crippen LogP contribution >= 0.6 is 22.9 Å². The molecule has 0 bridgehead atoms. The number of hydrogen-bond donors (Lipinski definition) is 0. The van der Waals surface area contributed by atoms with Gasteiger partial charge in [0.05, 0.1) is 31.9 Å². The van der Waals surface area contributed by atoms with Gasteiger partial charge in [0.15, 0.2) is 22.3 Å². The van der Waals surface area contributed by atoms with E-state index in [9.17, 15) is 18.0 Å². The van der Waals surface area contributed by atoms with E-state index in [2.05, 4.69) is 4.98 Å². The number of alkyl halides is 3. The molecule has 4 aromatic rings. The zero-order chi connectivity index (χ0) is 28.5. The third-order valence-corrected chi connectivity index (χ3v) is 7.23. The molecule has 0 saturated heterocycles. The van der Waals surface area contributed by atoms with E-state index in [4.69, 9.17) is 25.8 Å². The lowest BCUT2D eigenvalue weighted by molar-refractivity contribution is -0.140. The van der Waals surface area contributed by atoms with E-state index in [1.165, 1.54) is 62.6 Å². The average Bonchev–Trinajstić information content (AvgIpc) is 3.35. The van der Waals surface area contributed by atoms with Crippen molar-refractivity contribution in [3.63, 3.8) is 0 Å². The van der Waals surface area contributed by atoms with Crippen LogP contribution in [0.5, 0.6) is 17.2 Å². The molecule has 0 atom stereocenters. The van der Waals surface area contributed by atoms with E-state index in [1.807, 2.05) is 13.0 Å². The molecule has 1 heterocycles. The fraction of sp³-hybridized carbons (Fsp3) is 0.214. The Morgan fingerprint density at radius 3 is 2.05 bits per heavy atom. The van der Waals surface area contributed by atoms with Crippen molar-refractivity contribution in [2.45, 2.75) is 20.0 Å². The van der Waals surface area contributed by atoms with Gasteiger partial charge in [-0.1, -0.05) is 52.8 Å². The minimum Gasteiger partial charge on any atom is -0.493 e. The second-order valence-electron chi connectivity index (χ2n) is 8.52. The summed E-state index contributed by atoms with van der Waals surface area (Å²) < 4.78 is 58.7. The van der Waals surface area contributed by atoms with Crippen molar-refractivity contribution >= 4 is 39.7 Å². The Bertz CT molecular complexity index is 1500. The molecule has 6 nitrogen and oxygen atoms in total. The van der Waals surface area contributed by atoms with E-state index in [-0.39, 0.29) is 38.4 Å². The molecular weight excluding hydrogens is 553 g/mol. The Balaban J connectivity index is 1.97. The topological polar surface area (TPSA) is 60.9 Å². The largest absolute Gasteiger partial charge is 0.493 e. The molecule has 0 unspecified atom stereocenters. The number of ether oxygens (including phenoxy) is 3. The normalized spacial score (nSPS) is 11.3. The number of carbonyl (C=O) groups is 1. The number of anilines is 2. The molecule has 0 N–H and O–H groups in total. The van der Waals surface area contributed by atoms with Crippen molar-refractivity contribution in [1.29, 1.82) is 0 Å². The van der Waals surface area contributed by atoms with Crippen LogP contribution in [-0.4, -0.2) is 32.2 Å². The van der Waals surface area contributed by atoms with E-state index in [1.54, 1.807) is 19.1 Å². The van der Waals surface area contributed by atoms with Crippen molar-refractivity contribution in [3.8, 4) is 27.7 Å². The maximum atomic E-state index is 14.2. The molecule has 0 aliphatic heterocycles. The Morgan fingerprint density at radius 1 is 0.923 bits per heavy atom. The van der Waals surface area contributed by atoms with E-state index in [0.29, 0.717) is 16.3 Å². The summed E-state index contributed by atoms with van der Waals surface area (Å²) in [5.74, 6) is 0.0788. The number of rotatable bonds is 7. The van der Waals surface area contributed by atoms with Gasteiger partial charge in [-0.3, -0.25) is 9.69 Å². The molecule has 1 aromatic heterocycles. The summed E-state index contributed by atoms with van der Waals surface area (Å²) in [5.41, 5.74) is 1.25. The lowest BCUT2D eigenvalue weighted by Gasteiger charge is -2.23. The molecule has 4 rings (SSSR count). The van der Waals surface area contributed by atoms with Crippen LogP contribution in [0.3, 0.4) is 0 Å². The van der Waals surface area contributed by atoms with Crippen LogP contribution in [0.2, 0.25) is 5.02 Å². The number of carbonyl (C=O) groups excluding carboxylic acids is 1. The second-order valence-corrected chi connectivity index (χ2v) is 9.94. The highest BCUT2D eigenvalue weighted by Crippen LogP contribution is 2.46. The molecule has 3 aromatic carbocycles. The van der Waals surface area contributed by atoms with Gasteiger partial charge in [0.2, 0.25) is 5.75 Å². The Hall–Kier alpha value is -3.76. The summed E-state index contributed by atoms with van der Waals surface area (Å²) >= 11 is 6.71. The molecule has 1 amide bonds. The maximum absolute atomic E-state index is 14.2. The molecule has 0 saturated carbocycles. The molecule has 11 heteroatoms. The van der Waals surface area contributed by atoms with Gasteiger partial charge < -0.3 is 14.2 Å². The number of methoxy groups -OCH3 is 3. The first-order valence-electron chi connectivity index (χ1n) is 11.5. The fourth-order valence-corrected chi connectivity index (χ4v) is 5.31. The number of hydrogen-bond acceptors (Lipinski definition) is 6. The quantitative estimate of drug-likeness (QED) is 0.222. The summed E-state index contributed by atoms with van der Waals surface area (Å²) in [7, 11) is 4.24. The van der Waals surface area contributed by atoms with Gasteiger partial charge in [0.1, 0.15) is 0 Å². The third kappa shape index (κ3) is 5.67. The highest BCUT2D eigenvalue weighted by Gasteiger charge is 2.40. The number of thiazole rings is 1. The van der Waals surface area contributed by atoms with Crippen molar-refractivity contribution in [1.82, 2.24) is 4.98 Å². The monoisotopic (exact) mass is 576 g/mol. The molecule has 0 spiro atoms. The van der Waals surface area contributed by atoms with Gasteiger partial charge in [0.25, 0.3) is 5.91 Å². The lowest BCUT2D eigenvalue weighted by atomic mass is 10.1. The van der Waals surface area contributed by atoms with Gasteiger partial charge in [-0.2, -0.15) is 13.2 Å². The highest BCUT2D eigenvalue weighted by atomic mass is 35.5. The number of aryl methyl sites for hydroxylation is 2. The van der Waals surface area contributed by atoms with Gasteiger partial charge in [0, 0.05) is 10.6 Å². The zero-order valence-corrected chi connectivity index (χ0v) is 23.2. The Morgan fingerprint density at radius 2 is 1.54 bits per heavy atom. The molecular formula is C28H24ClF3N2O4S. The smallest absolute Gasteiger partial charge is 0.434 e. The first-order chi connectivity index (χ1) is 18.5. The minimum absolute atomic E-state index is 0.0984. The van der Waals surface area contributed by atoms with Gasteiger partial charge in [-0.05, 0) is 55.3 Å². The number of aromatic nitrogens is 1. The summed E-state index contributed by atoms with van der Waals surface area (Å²) in [6.07, 6.45) is -4.77. The maximum Gasteiger partial charge on any atom is 0.434 e. The predicted octanol–water partition coefficient (Wildman–Crippen LogP) is 8.10. The second kappa shape index (κ2) is 11.2. The van der Waals surface area contributed by atoms with E-state index < -0.39 is 17.8 Å². The van der Waals surface area contributed by atoms with Crippen LogP contribution in [0.15, 0.2) is 54.6 Å². The van der Waals surface area contributed by atoms with Crippen molar-refractivity contribution in [2.24, 2.45) is 0 Å². The van der Waals surface area contributed by atoms with Crippen molar-refractivity contribution in [3.05, 3.63) is 82.0 Å². The van der Waals surface area contributed by atoms with Crippen LogP contribution in [0.25, 0.3) is 10.4 Å². The van der Waals surface area contributed by atoms with Crippen LogP contribution < -0.4 is 19.1 Å². The first kappa shape index (κ1) is 28.3. The summed E-state index contributed by atoms with van der Waals surface area (Å²) in [4.78, 5) is 19.1. The van der Waals surface area contributed by atoms with Crippen molar-refractivity contribution < 1.29 is 32.2 Å². The van der Waals surface area contributed by atoms with Gasteiger partial charge >= 0.3 is 6.18 Å². The fourth-order valence-electron chi connectivity index (χ4n) is 4.08. The number of nitrogens with zero attached hydrogens (tertiary/aromatic N) is 2. The highest BCUT2D eigenvalue weighted by molar-refractivity contribution is 7.19. The summed E-state index contributed by atoms with van der Waals surface area (Å²) in [6.45, 7) is 3.65. The number of halogens is 4. The average molecular weight is 577 g/mol.